The van der Waals surface area contributed by atoms with E-state index in [9.17, 15) is 5.11 Å². The zero-order chi connectivity index (χ0) is 23.3. The second-order valence-electron chi connectivity index (χ2n) is 9.10. The first-order chi connectivity index (χ1) is 16.7. The molecule has 0 spiro atoms. The molecule has 1 saturated heterocycles. The van der Waals surface area contributed by atoms with Crippen molar-refractivity contribution in [3.63, 3.8) is 0 Å². The van der Waals surface area contributed by atoms with Gasteiger partial charge in [0, 0.05) is 44.0 Å². The van der Waals surface area contributed by atoms with Crippen LogP contribution in [0.5, 0.6) is 5.75 Å². The first kappa shape index (κ1) is 22.5. The van der Waals surface area contributed by atoms with Crippen LogP contribution < -0.4 is 9.64 Å². The van der Waals surface area contributed by atoms with E-state index < -0.39 is 6.10 Å². The minimum absolute atomic E-state index is 0.280. The number of aliphatic hydroxyl groups is 1. The smallest absolute Gasteiger partial charge is 0.127 e. The van der Waals surface area contributed by atoms with E-state index in [0.29, 0.717) is 6.54 Å². The number of aryl methyl sites for hydroxylation is 1. The number of para-hydroxylation sites is 2. The average Bonchev–Trinajstić information content (AvgIpc) is 2.88. The van der Waals surface area contributed by atoms with E-state index >= 15 is 0 Å². The van der Waals surface area contributed by atoms with E-state index in [4.69, 9.17) is 4.74 Å². The summed E-state index contributed by atoms with van der Waals surface area (Å²) in [7, 11) is 0. The van der Waals surface area contributed by atoms with E-state index in [2.05, 4.69) is 89.5 Å². The number of ether oxygens (including phenoxy) is 1. The summed E-state index contributed by atoms with van der Waals surface area (Å²) >= 11 is 0. The molecule has 0 aliphatic carbocycles. The maximum atomic E-state index is 10.7. The second-order valence-corrected chi connectivity index (χ2v) is 9.10. The molecule has 0 aromatic heterocycles. The molecule has 0 amide bonds. The van der Waals surface area contributed by atoms with Crippen molar-refractivity contribution >= 4 is 16.5 Å². The number of hydrogen-bond acceptors (Lipinski definition) is 4. The predicted molar refractivity (Wildman–Crippen MR) is 141 cm³/mol. The largest absolute Gasteiger partial charge is 0.490 e. The minimum atomic E-state index is -0.533. The third-order valence-corrected chi connectivity index (χ3v) is 6.68. The van der Waals surface area contributed by atoms with Crippen molar-refractivity contribution in [2.24, 2.45) is 0 Å². The highest BCUT2D eigenvalue weighted by molar-refractivity contribution is 5.88. The SMILES string of the molecule is Cc1ccccc1N1CCN(CC(O)COc2ccccc2-c2ccc3ccccc3c2)CC1. The van der Waals surface area contributed by atoms with Crippen LogP contribution in [0, 0.1) is 6.92 Å². The molecule has 174 valence electrons. The first-order valence-electron chi connectivity index (χ1n) is 12.1. The normalized spacial score (nSPS) is 15.4. The summed E-state index contributed by atoms with van der Waals surface area (Å²) in [4.78, 5) is 4.77. The van der Waals surface area contributed by atoms with E-state index in [0.717, 1.165) is 43.1 Å². The molecule has 1 fully saturated rings. The summed E-state index contributed by atoms with van der Waals surface area (Å²) in [5.74, 6) is 0.807. The molecule has 1 atom stereocenters. The zero-order valence-electron chi connectivity index (χ0n) is 19.7. The van der Waals surface area contributed by atoms with Crippen LogP contribution in [0.4, 0.5) is 5.69 Å². The minimum Gasteiger partial charge on any atom is -0.490 e. The Kier molecular flexibility index (Phi) is 6.79. The first-order valence-corrected chi connectivity index (χ1v) is 12.1. The zero-order valence-corrected chi connectivity index (χ0v) is 19.7. The van der Waals surface area contributed by atoms with Gasteiger partial charge >= 0.3 is 0 Å². The van der Waals surface area contributed by atoms with Gasteiger partial charge in [0.1, 0.15) is 18.5 Å². The number of piperazine rings is 1. The standard InChI is InChI=1S/C30H32N2O2/c1-23-8-2-6-12-29(23)32-18-16-31(17-19-32)21-27(33)22-34-30-13-7-5-11-28(30)26-15-14-24-9-3-4-10-25(24)20-26/h2-15,20,27,33H,16-19,21-22H2,1H3. The molecule has 4 aromatic rings. The Morgan fingerprint density at radius 3 is 2.32 bits per heavy atom. The maximum Gasteiger partial charge on any atom is 0.127 e. The molecule has 4 heteroatoms. The van der Waals surface area contributed by atoms with Crippen molar-refractivity contribution in [2.75, 3.05) is 44.2 Å². The van der Waals surface area contributed by atoms with Crippen LogP contribution in [0.1, 0.15) is 5.56 Å². The molecule has 0 saturated carbocycles. The summed E-state index contributed by atoms with van der Waals surface area (Å²) in [6.07, 6.45) is -0.533. The van der Waals surface area contributed by atoms with Gasteiger partial charge in [-0.05, 0) is 47.0 Å². The Morgan fingerprint density at radius 2 is 1.50 bits per heavy atom. The van der Waals surface area contributed by atoms with Gasteiger partial charge in [0.25, 0.3) is 0 Å². The maximum absolute atomic E-state index is 10.7. The number of nitrogens with zero attached hydrogens (tertiary/aromatic N) is 2. The molecule has 1 heterocycles. The number of β-amino-alcohol motifs (C(OH)–C–C–N with tert-alkyl or cyclic N) is 1. The molecule has 4 aromatic carbocycles. The molecule has 1 aliphatic rings. The molecule has 0 bridgehead atoms. The van der Waals surface area contributed by atoms with E-state index in [1.54, 1.807) is 0 Å². The highest BCUT2D eigenvalue weighted by atomic mass is 16.5. The third kappa shape index (κ3) is 5.09. The van der Waals surface area contributed by atoms with Gasteiger partial charge in [0.2, 0.25) is 0 Å². The van der Waals surface area contributed by atoms with Gasteiger partial charge in [-0.25, -0.2) is 0 Å². The number of fused-ring (bicyclic) bond motifs is 1. The van der Waals surface area contributed by atoms with Gasteiger partial charge in [-0.3, -0.25) is 4.90 Å². The molecule has 5 rings (SSSR count). The summed E-state index contributed by atoms with van der Waals surface area (Å²) in [6, 6.07) is 31.5. The van der Waals surface area contributed by atoms with Crippen LogP contribution in [-0.4, -0.2) is 55.4 Å². The van der Waals surface area contributed by atoms with Crippen LogP contribution >= 0.6 is 0 Å². The topological polar surface area (TPSA) is 35.9 Å². The van der Waals surface area contributed by atoms with Gasteiger partial charge in [-0.2, -0.15) is 0 Å². The Balaban J connectivity index is 1.18. The molecule has 0 radical (unpaired) electrons. The van der Waals surface area contributed by atoms with E-state index in [-0.39, 0.29) is 6.61 Å². The summed E-state index contributed by atoms with van der Waals surface area (Å²) in [6.45, 7) is 6.91. The Morgan fingerprint density at radius 1 is 0.794 bits per heavy atom. The molecular formula is C30H32N2O2. The van der Waals surface area contributed by atoms with Gasteiger partial charge in [-0.15, -0.1) is 0 Å². The fourth-order valence-electron chi connectivity index (χ4n) is 4.81. The molecule has 34 heavy (non-hydrogen) atoms. The number of aliphatic hydroxyl groups excluding tert-OH is 1. The van der Waals surface area contributed by atoms with Gasteiger partial charge < -0.3 is 14.7 Å². The Labute approximate surface area is 202 Å². The van der Waals surface area contributed by atoms with Crippen molar-refractivity contribution < 1.29 is 9.84 Å². The van der Waals surface area contributed by atoms with Crippen LogP contribution in [0.2, 0.25) is 0 Å². The lowest BCUT2D eigenvalue weighted by Crippen LogP contribution is -2.49. The lowest BCUT2D eigenvalue weighted by atomic mass is 10.0. The number of hydrogen-bond donors (Lipinski definition) is 1. The predicted octanol–water partition coefficient (Wildman–Crippen LogP) is 5.38. The lowest BCUT2D eigenvalue weighted by Gasteiger charge is -2.37. The molecular weight excluding hydrogens is 420 g/mol. The van der Waals surface area contributed by atoms with Crippen molar-refractivity contribution in [2.45, 2.75) is 13.0 Å². The highest BCUT2D eigenvalue weighted by Crippen LogP contribution is 2.32. The number of anilines is 1. The summed E-state index contributed by atoms with van der Waals surface area (Å²) < 4.78 is 6.13. The monoisotopic (exact) mass is 452 g/mol. The number of benzene rings is 4. The van der Waals surface area contributed by atoms with Gasteiger partial charge in [-0.1, -0.05) is 72.8 Å². The fraction of sp³-hybridized carbons (Fsp3) is 0.267. The van der Waals surface area contributed by atoms with Crippen molar-refractivity contribution in [1.29, 1.82) is 0 Å². The molecule has 1 N–H and O–H groups in total. The van der Waals surface area contributed by atoms with Crippen molar-refractivity contribution in [1.82, 2.24) is 4.90 Å². The molecule has 1 unspecified atom stereocenters. The molecule has 1 aliphatic heterocycles. The highest BCUT2D eigenvalue weighted by Gasteiger charge is 2.21. The van der Waals surface area contributed by atoms with E-state index in [1.165, 1.54) is 22.0 Å². The summed E-state index contributed by atoms with van der Waals surface area (Å²) in [5.41, 5.74) is 4.80. The van der Waals surface area contributed by atoms with Crippen LogP contribution in [0.15, 0.2) is 91.0 Å². The lowest BCUT2D eigenvalue weighted by molar-refractivity contribution is 0.0665. The Hall–Kier alpha value is -3.34. The molecule has 4 nitrogen and oxygen atoms in total. The Bertz CT molecular complexity index is 1250. The quantitative estimate of drug-likeness (QED) is 0.409. The van der Waals surface area contributed by atoms with Crippen LogP contribution in [0.25, 0.3) is 21.9 Å². The third-order valence-electron chi connectivity index (χ3n) is 6.68. The summed E-state index contributed by atoms with van der Waals surface area (Å²) in [5, 5.41) is 13.1. The second kappa shape index (κ2) is 10.3. The van der Waals surface area contributed by atoms with Crippen LogP contribution in [0.3, 0.4) is 0 Å². The average molecular weight is 453 g/mol. The van der Waals surface area contributed by atoms with Gasteiger partial charge in [0.05, 0.1) is 0 Å². The van der Waals surface area contributed by atoms with Crippen molar-refractivity contribution in [3.8, 4) is 16.9 Å². The van der Waals surface area contributed by atoms with Crippen molar-refractivity contribution in [3.05, 3.63) is 96.6 Å². The van der Waals surface area contributed by atoms with Gasteiger partial charge in [0.15, 0.2) is 0 Å². The van der Waals surface area contributed by atoms with Crippen LogP contribution in [-0.2, 0) is 0 Å². The van der Waals surface area contributed by atoms with E-state index in [1.807, 2.05) is 18.2 Å². The number of rotatable bonds is 7. The fourth-order valence-corrected chi connectivity index (χ4v) is 4.81.